The van der Waals surface area contributed by atoms with Crippen LogP contribution in [0.5, 0.6) is 0 Å². The summed E-state index contributed by atoms with van der Waals surface area (Å²) < 4.78 is 1.72. The standard InChI is InChI=1S/C12H19N5O2S/c1-3-13-11-9-4-14-17(2)12(9)16-10(15-11)7-20-6-8(19)5-18/h4,8,18-19H,3,5-7H2,1-2H3,(H,13,15,16). The molecule has 7 nitrogen and oxygen atoms in total. The molecule has 20 heavy (non-hydrogen) atoms. The molecule has 8 heteroatoms. The molecule has 3 N–H and O–H groups in total. The molecule has 0 aliphatic carbocycles. The molecule has 0 aliphatic heterocycles. The van der Waals surface area contributed by atoms with Crippen molar-refractivity contribution in [1.29, 1.82) is 0 Å². The number of fused-ring (bicyclic) bond motifs is 1. The van der Waals surface area contributed by atoms with Crippen molar-refractivity contribution >= 4 is 28.6 Å². The first-order valence-corrected chi connectivity index (χ1v) is 7.60. The van der Waals surface area contributed by atoms with E-state index in [0.717, 1.165) is 23.4 Å². The Bertz CT molecular complexity index is 574. The molecule has 0 aromatic carbocycles. The predicted molar refractivity (Wildman–Crippen MR) is 79.7 cm³/mol. The average molecular weight is 297 g/mol. The van der Waals surface area contributed by atoms with Crippen LogP contribution in [-0.2, 0) is 12.8 Å². The number of aliphatic hydroxyl groups excluding tert-OH is 2. The maximum Gasteiger partial charge on any atom is 0.163 e. The van der Waals surface area contributed by atoms with Gasteiger partial charge in [-0.2, -0.15) is 16.9 Å². The summed E-state index contributed by atoms with van der Waals surface area (Å²) in [5.41, 5.74) is 0.786. The fraction of sp³-hybridized carbons (Fsp3) is 0.583. The van der Waals surface area contributed by atoms with Crippen molar-refractivity contribution < 1.29 is 10.2 Å². The van der Waals surface area contributed by atoms with Gasteiger partial charge in [-0.3, -0.25) is 4.68 Å². The van der Waals surface area contributed by atoms with E-state index in [0.29, 0.717) is 17.3 Å². The highest BCUT2D eigenvalue weighted by molar-refractivity contribution is 7.98. The largest absolute Gasteiger partial charge is 0.394 e. The van der Waals surface area contributed by atoms with Crippen molar-refractivity contribution in [1.82, 2.24) is 19.7 Å². The summed E-state index contributed by atoms with van der Waals surface area (Å²) >= 11 is 1.49. The first-order valence-electron chi connectivity index (χ1n) is 6.44. The highest BCUT2D eigenvalue weighted by Crippen LogP contribution is 2.21. The average Bonchev–Trinajstić information content (AvgIpc) is 2.81. The van der Waals surface area contributed by atoms with Gasteiger partial charge in [-0.25, -0.2) is 9.97 Å². The van der Waals surface area contributed by atoms with Gasteiger partial charge in [-0.15, -0.1) is 0 Å². The first-order chi connectivity index (χ1) is 9.65. The van der Waals surface area contributed by atoms with Gasteiger partial charge in [0.05, 0.1) is 30.0 Å². The molecule has 1 unspecified atom stereocenters. The van der Waals surface area contributed by atoms with Crippen molar-refractivity contribution in [3.63, 3.8) is 0 Å². The van der Waals surface area contributed by atoms with Crippen molar-refractivity contribution in [2.45, 2.75) is 18.8 Å². The molecule has 1 atom stereocenters. The summed E-state index contributed by atoms with van der Waals surface area (Å²) in [5.74, 6) is 2.51. The monoisotopic (exact) mass is 297 g/mol. The van der Waals surface area contributed by atoms with E-state index < -0.39 is 6.10 Å². The highest BCUT2D eigenvalue weighted by atomic mass is 32.2. The lowest BCUT2D eigenvalue weighted by Gasteiger charge is -2.08. The number of aromatic nitrogens is 4. The molecule has 110 valence electrons. The number of nitrogens with zero attached hydrogens (tertiary/aromatic N) is 4. The number of hydrogen-bond donors (Lipinski definition) is 3. The Kier molecular flexibility index (Phi) is 5.16. The molecular weight excluding hydrogens is 278 g/mol. The zero-order valence-electron chi connectivity index (χ0n) is 11.6. The molecule has 0 radical (unpaired) electrons. The molecule has 0 saturated carbocycles. The smallest absolute Gasteiger partial charge is 0.163 e. The maximum absolute atomic E-state index is 9.32. The van der Waals surface area contributed by atoms with Gasteiger partial charge in [0.1, 0.15) is 11.6 Å². The number of aliphatic hydroxyl groups is 2. The van der Waals surface area contributed by atoms with Crippen LogP contribution in [0.2, 0.25) is 0 Å². The Morgan fingerprint density at radius 3 is 2.95 bits per heavy atom. The normalized spacial score (nSPS) is 12.8. The summed E-state index contributed by atoms with van der Waals surface area (Å²) in [5, 5.41) is 26.4. The van der Waals surface area contributed by atoms with Crippen molar-refractivity contribution in [2.75, 3.05) is 24.2 Å². The van der Waals surface area contributed by atoms with E-state index in [-0.39, 0.29) is 6.61 Å². The van der Waals surface area contributed by atoms with E-state index in [9.17, 15) is 5.11 Å². The summed E-state index contributed by atoms with van der Waals surface area (Å²) in [6.07, 6.45) is 1.05. The highest BCUT2D eigenvalue weighted by Gasteiger charge is 2.11. The van der Waals surface area contributed by atoms with Crippen LogP contribution in [0.1, 0.15) is 12.7 Å². The lowest BCUT2D eigenvalue weighted by molar-refractivity contribution is 0.113. The Morgan fingerprint density at radius 1 is 1.45 bits per heavy atom. The van der Waals surface area contributed by atoms with Gasteiger partial charge in [-0.1, -0.05) is 0 Å². The minimum absolute atomic E-state index is 0.225. The van der Waals surface area contributed by atoms with Crippen molar-refractivity contribution in [2.24, 2.45) is 7.05 Å². The van der Waals surface area contributed by atoms with Crippen LogP contribution in [0.4, 0.5) is 5.82 Å². The van der Waals surface area contributed by atoms with Crippen LogP contribution >= 0.6 is 11.8 Å². The lowest BCUT2D eigenvalue weighted by Crippen LogP contribution is -2.15. The van der Waals surface area contributed by atoms with E-state index in [2.05, 4.69) is 20.4 Å². The van der Waals surface area contributed by atoms with Gasteiger partial charge < -0.3 is 15.5 Å². The van der Waals surface area contributed by atoms with E-state index in [1.165, 1.54) is 11.8 Å². The topological polar surface area (TPSA) is 96.1 Å². The fourth-order valence-electron chi connectivity index (χ4n) is 1.77. The van der Waals surface area contributed by atoms with E-state index in [1.807, 2.05) is 14.0 Å². The quantitative estimate of drug-likeness (QED) is 0.680. The summed E-state index contributed by atoms with van der Waals surface area (Å²) in [6, 6.07) is 0. The zero-order chi connectivity index (χ0) is 14.5. The molecule has 0 amide bonds. The van der Waals surface area contributed by atoms with E-state index >= 15 is 0 Å². The number of aryl methyl sites for hydroxylation is 1. The molecule has 0 saturated heterocycles. The Balaban J connectivity index is 2.18. The number of anilines is 1. The van der Waals surface area contributed by atoms with Crippen molar-refractivity contribution in [3.8, 4) is 0 Å². The number of nitrogens with one attached hydrogen (secondary N) is 1. The minimum atomic E-state index is -0.700. The molecule has 2 heterocycles. The van der Waals surface area contributed by atoms with Crippen LogP contribution < -0.4 is 5.32 Å². The summed E-state index contributed by atoms with van der Waals surface area (Å²) in [4.78, 5) is 8.97. The van der Waals surface area contributed by atoms with Gasteiger partial charge in [-0.05, 0) is 6.92 Å². The zero-order valence-corrected chi connectivity index (χ0v) is 12.4. The third-order valence-corrected chi connectivity index (χ3v) is 3.82. The molecule has 0 bridgehead atoms. The van der Waals surface area contributed by atoms with E-state index in [1.54, 1.807) is 10.9 Å². The van der Waals surface area contributed by atoms with Gasteiger partial charge in [0, 0.05) is 19.3 Å². The predicted octanol–water partition coefficient (Wildman–Crippen LogP) is 0.381. The lowest BCUT2D eigenvalue weighted by atomic mass is 10.4. The fourth-order valence-corrected chi connectivity index (χ4v) is 2.58. The Hall–Kier alpha value is -1.38. The molecule has 2 rings (SSSR count). The van der Waals surface area contributed by atoms with Crippen molar-refractivity contribution in [3.05, 3.63) is 12.0 Å². The van der Waals surface area contributed by atoms with Gasteiger partial charge in [0.2, 0.25) is 0 Å². The molecule has 2 aromatic rings. The first kappa shape index (κ1) is 15.0. The van der Waals surface area contributed by atoms with Gasteiger partial charge in [0.25, 0.3) is 0 Å². The molecule has 0 aliphatic rings. The number of rotatable bonds is 7. The van der Waals surface area contributed by atoms with Crippen LogP contribution in [0.25, 0.3) is 11.0 Å². The molecule has 0 spiro atoms. The number of hydrogen-bond acceptors (Lipinski definition) is 7. The Morgan fingerprint density at radius 2 is 2.25 bits per heavy atom. The van der Waals surface area contributed by atoms with Crippen LogP contribution in [-0.4, -0.2) is 55.0 Å². The molecular formula is C12H19N5O2S. The molecule has 0 fully saturated rings. The maximum atomic E-state index is 9.32. The second kappa shape index (κ2) is 6.87. The Labute approximate surface area is 121 Å². The van der Waals surface area contributed by atoms with Gasteiger partial charge in [0.15, 0.2) is 5.65 Å². The van der Waals surface area contributed by atoms with Crippen LogP contribution in [0.15, 0.2) is 6.20 Å². The SMILES string of the molecule is CCNc1nc(CSCC(O)CO)nc2c1cnn2C. The van der Waals surface area contributed by atoms with E-state index in [4.69, 9.17) is 5.11 Å². The third kappa shape index (κ3) is 3.38. The molecule has 2 aromatic heterocycles. The minimum Gasteiger partial charge on any atom is -0.394 e. The second-order valence-corrected chi connectivity index (χ2v) is 5.41. The summed E-state index contributed by atoms with van der Waals surface area (Å²) in [7, 11) is 1.84. The van der Waals surface area contributed by atoms with Gasteiger partial charge >= 0.3 is 0 Å². The van der Waals surface area contributed by atoms with Crippen LogP contribution in [0, 0.1) is 0 Å². The second-order valence-electron chi connectivity index (χ2n) is 4.38. The number of thioether (sulfide) groups is 1. The van der Waals surface area contributed by atoms with Crippen LogP contribution in [0.3, 0.4) is 0 Å². The third-order valence-electron chi connectivity index (χ3n) is 2.73. The summed E-state index contributed by atoms with van der Waals surface area (Å²) in [6.45, 7) is 2.56.